The fourth-order valence-electron chi connectivity index (χ4n) is 3.65. The van der Waals surface area contributed by atoms with Crippen molar-refractivity contribution in [1.82, 2.24) is 19.9 Å². The number of likely N-dealkylation sites (N-methyl/N-ethyl adjacent to an activating group) is 1. The third-order valence-electron chi connectivity index (χ3n) is 5.49. The predicted octanol–water partition coefficient (Wildman–Crippen LogP) is 3.33. The van der Waals surface area contributed by atoms with Crippen molar-refractivity contribution in [1.29, 1.82) is 0 Å². The number of carboxylic acid groups (broad SMARTS) is 1. The fraction of sp³-hybridized carbons (Fsp3) is 0.429. The van der Waals surface area contributed by atoms with E-state index in [0.717, 1.165) is 65.1 Å². The highest BCUT2D eigenvalue weighted by Crippen LogP contribution is 2.39. The lowest BCUT2D eigenvalue weighted by Crippen LogP contribution is -2.56. The zero-order chi connectivity index (χ0) is 26.2. The summed E-state index contributed by atoms with van der Waals surface area (Å²) in [5.74, 6) is -0.277. The maximum Gasteiger partial charge on any atom is 0.490 e. The molecule has 1 saturated heterocycles. The first kappa shape index (κ1) is 26.1. The van der Waals surface area contributed by atoms with E-state index in [0.29, 0.717) is 16.8 Å². The second kappa shape index (κ2) is 10.2. The van der Waals surface area contributed by atoms with Crippen molar-refractivity contribution in [3.63, 3.8) is 0 Å². The van der Waals surface area contributed by atoms with Crippen LogP contribution in [0.5, 0.6) is 5.75 Å². The average Bonchev–Trinajstić information content (AvgIpc) is 3.12. The van der Waals surface area contributed by atoms with Gasteiger partial charge in [0.1, 0.15) is 18.1 Å². The maximum atomic E-state index is 10.6. The van der Waals surface area contributed by atoms with Crippen molar-refractivity contribution in [3.05, 3.63) is 23.0 Å². The molecule has 0 atom stereocenters. The van der Waals surface area contributed by atoms with Gasteiger partial charge >= 0.3 is 12.1 Å². The number of nitrogens with two attached hydrogens (primary N) is 1. The van der Waals surface area contributed by atoms with Crippen molar-refractivity contribution in [2.24, 2.45) is 5.73 Å². The number of carbonyl (C=O) groups is 1. The van der Waals surface area contributed by atoms with E-state index in [-0.39, 0.29) is 6.04 Å². The van der Waals surface area contributed by atoms with Crippen LogP contribution in [0.15, 0.2) is 22.3 Å². The van der Waals surface area contributed by atoms with Crippen LogP contribution in [0.25, 0.3) is 11.0 Å². The quantitative estimate of drug-likeness (QED) is 0.419. The summed E-state index contributed by atoms with van der Waals surface area (Å²) < 4.78 is 37.5. The number of nitrogens with one attached hydrogen (secondary N) is 1. The van der Waals surface area contributed by atoms with Gasteiger partial charge < -0.3 is 30.4 Å². The third-order valence-corrected chi connectivity index (χ3v) is 6.73. The number of ether oxygens (including phenoxy) is 1. The van der Waals surface area contributed by atoms with E-state index in [1.54, 1.807) is 0 Å². The first-order chi connectivity index (χ1) is 17.0. The van der Waals surface area contributed by atoms with Gasteiger partial charge in [-0.1, -0.05) is 18.5 Å². The van der Waals surface area contributed by atoms with E-state index in [2.05, 4.69) is 26.7 Å². The van der Waals surface area contributed by atoms with Gasteiger partial charge in [-0.2, -0.15) is 13.2 Å². The summed E-state index contributed by atoms with van der Waals surface area (Å²) in [7, 11) is 2.02. The molecule has 0 spiro atoms. The van der Waals surface area contributed by atoms with Gasteiger partial charge in [0.05, 0.1) is 17.0 Å². The molecule has 36 heavy (non-hydrogen) atoms. The minimum absolute atomic E-state index is 0.165. The minimum atomic E-state index is -5.08. The van der Waals surface area contributed by atoms with Crippen molar-refractivity contribution >= 4 is 52.0 Å². The number of H-pyrrole nitrogens is 1. The summed E-state index contributed by atoms with van der Waals surface area (Å²) in [5.41, 5.74) is 7.72. The first-order valence-corrected chi connectivity index (χ1v) is 12.1. The number of alkyl halides is 3. The van der Waals surface area contributed by atoms with Crippen molar-refractivity contribution in [3.8, 4) is 5.75 Å². The number of hydrogen-bond acceptors (Lipinski definition) is 9. The summed E-state index contributed by atoms with van der Waals surface area (Å²) in [6, 6.07) is 2.16. The number of aliphatic carboxylic acids is 1. The van der Waals surface area contributed by atoms with Gasteiger partial charge in [0, 0.05) is 43.0 Å². The van der Waals surface area contributed by atoms with Gasteiger partial charge in [-0.3, -0.25) is 0 Å². The number of aryl methyl sites for hydroxylation is 1. The van der Waals surface area contributed by atoms with Gasteiger partial charge in [-0.25, -0.2) is 19.7 Å². The normalized spacial score (nSPS) is 15.6. The van der Waals surface area contributed by atoms with Crippen molar-refractivity contribution in [2.75, 3.05) is 43.1 Å². The van der Waals surface area contributed by atoms with Crippen LogP contribution in [0, 0.1) is 0 Å². The summed E-state index contributed by atoms with van der Waals surface area (Å²) in [6.45, 7) is 5.08. The number of carboxylic acids is 1. The molecular weight excluding hydrogens is 523 g/mol. The van der Waals surface area contributed by atoms with Crippen LogP contribution in [0.4, 0.5) is 24.8 Å². The van der Waals surface area contributed by atoms with Crippen LogP contribution in [-0.4, -0.2) is 76.5 Å². The Balaban J connectivity index is 0.000000384. The number of aromatic amines is 1. The number of hydrogen-bond donors (Lipinski definition) is 3. The van der Waals surface area contributed by atoms with Gasteiger partial charge in [-0.05, 0) is 24.2 Å². The topological polar surface area (TPSA) is 133 Å². The van der Waals surface area contributed by atoms with Crippen LogP contribution in [0.3, 0.4) is 0 Å². The smallest absolute Gasteiger partial charge is 0.488 e. The summed E-state index contributed by atoms with van der Waals surface area (Å²) >= 11 is 8.08. The number of anilines is 2. The molecule has 0 aromatic carbocycles. The Hall–Kier alpha value is -2.97. The zero-order valence-electron chi connectivity index (χ0n) is 19.3. The standard InChI is InChI=1S/C19H22ClN7OS.C2HF3O2/c1-3-12-15(20)14-16(23-12)24-19(25-18(14)27-8-10(21)9-27)29-11-6-13-17(22-7-11)26(2)4-5-28-13;3-2(4,5)1(6)7/h6-7,10H,3-5,8-9,21H2,1-2H3,(H,23,24,25);(H,6,7). The van der Waals surface area contributed by atoms with E-state index in [1.165, 1.54) is 11.8 Å². The second-order valence-electron chi connectivity index (χ2n) is 8.16. The number of fused-ring (bicyclic) bond motifs is 2. The number of rotatable bonds is 4. The molecule has 3 aromatic rings. The average molecular weight is 546 g/mol. The molecule has 2 aliphatic rings. The number of halogens is 4. The Kier molecular flexibility index (Phi) is 7.38. The van der Waals surface area contributed by atoms with Crippen LogP contribution < -0.4 is 20.3 Å². The van der Waals surface area contributed by atoms with Crippen molar-refractivity contribution in [2.45, 2.75) is 35.6 Å². The van der Waals surface area contributed by atoms with Crippen LogP contribution in [0.2, 0.25) is 5.02 Å². The first-order valence-electron chi connectivity index (χ1n) is 10.9. The highest BCUT2D eigenvalue weighted by atomic mass is 35.5. The Morgan fingerprint density at radius 2 is 2.06 bits per heavy atom. The highest BCUT2D eigenvalue weighted by molar-refractivity contribution is 7.99. The molecule has 0 radical (unpaired) electrons. The summed E-state index contributed by atoms with van der Waals surface area (Å²) in [4.78, 5) is 31.5. The van der Waals surface area contributed by atoms with Gasteiger partial charge in [0.2, 0.25) is 0 Å². The van der Waals surface area contributed by atoms with Gasteiger partial charge in [-0.15, -0.1) is 0 Å². The summed E-state index contributed by atoms with van der Waals surface area (Å²) in [5, 5.41) is 9.33. The minimum Gasteiger partial charge on any atom is -0.488 e. The molecule has 5 heterocycles. The molecule has 10 nitrogen and oxygen atoms in total. The largest absolute Gasteiger partial charge is 0.490 e. The van der Waals surface area contributed by atoms with Crippen LogP contribution in [-0.2, 0) is 11.2 Å². The molecule has 3 aromatic heterocycles. The maximum absolute atomic E-state index is 10.6. The van der Waals surface area contributed by atoms with Gasteiger partial charge in [0.15, 0.2) is 16.7 Å². The predicted molar refractivity (Wildman–Crippen MR) is 129 cm³/mol. The molecule has 4 N–H and O–H groups in total. The monoisotopic (exact) mass is 545 g/mol. The second-order valence-corrected chi connectivity index (χ2v) is 9.58. The molecule has 2 aliphatic heterocycles. The third kappa shape index (κ3) is 5.39. The molecule has 194 valence electrons. The number of nitrogens with zero attached hydrogens (tertiary/aromatic N) is 5. The zero-order valence-corrected chi connectivity index (χ0v) is 20.8. The molecule has 15 heteroatoms. The number of pyridine rings is 1. The molecule has 5 rings (SSSR count). The molecule has 0 amide bonds. The molecule has 0 aliphatic carbocycles. The molecule has 0 bridgehead atoms. The Morgan fingerprint density at radius 3 is 2.67 bits per heavy atom. The van der Waals surface area contributed by atoms with E-state index < -0.39 is 12.1 Å². The van der Waals surface area contributed by atoms with E-state index in [9.17, 15) is 13.2 Å². The van der Waals surface area contributed by atoms with Crippen LogP contribution >= 0.6 is 23.4 Å². The number of aromatic nitrogens is 4. The Labute approximate surface area is 213 Å². The van der Waals surface area contributed by atoms with Crippen molar-refractivity contribution < 1.29 is 27.8 Å². The van der Waals surface area contributed by atoms with Crippen LogP contribution in [0.1, 0.15) is 12.6 Å². The SMILES string of the molecule is CCc1[nH]c2nc(Sc3cnc4c(c3)OCCN4C)nc(N3CC(N)C3)c2c1Cl.O=C(O)C(F)(F)F. The lowest BCUT2D eigenvalue weighted by atomic mass is 10.1. The lowest BCUT2D eigenvalue weighted by molar-refractivity contribution is -0.192. The van der Waals surface area contributed by atoms with E-state index >= 15 is 0 Å². The Bertz CT molecular complexity index is 1280. The fourth-order valence-corrected chi connectivity index (χ4v) is 4.75. The van der Waals surface area contributed by atoms with E-state index in [1.807, 2.05) is 19.3 Å². The highest BCUT2D eigenvalue weighted by Gasteiger charge is 2.38. The molecule has 1 fully saturated rings. The molecular formula is C21H23ClF3N7O3S. The van der Waals surface area contributed by atoms with Gasteiger partial charge in [0.25, 0.3) is 0 Å². The Morgan fingerprint density at radius 1 is 1.36 bits per heavy atom. The molecule has 0 unspecified atom stereocenters. The summed E-state index contributed by atoms with van der Waals surface area (Å²) in [6.07, 6.45) is -2.45. The molecule has 0 saturated carbocycles. The lowest BCUT2D eigenvalue weighted by Gasteiger charge is -2.38. The van der Waals surface area contributed by atoms with E-state index in [4.69, 9.17) is 41.9 Å².